The first kappa shape index (κ1) is 14.6. The van der Waals surface area contributed by atoms with Crippen LogP contribution < -0.4 is 5.32 Å². The number of rotatable bonds is 7. The standard InChI is InChI=1S/C15H25NS/c1-5-9-16-14(6-2)11-17-15-10-12(3)7-8-13(15)4/h7-8,10,14,16H,5-6,9,11H2,1-4H3. The van der Waals surface area contributed by atoms with Gasteiger partial charge < -0.3 is 5.32 Å². The van der Waals surface area contributed by atoms with Crippen molar-refractivity contribution in [1.29, 1.82) is 0 Å². The van der Waals surface area contributed by atoms with E-state index in [0.29, 0.717) is 6.04 Å². The second-order valence-corrected chi connectivity index (χ2v) is 5.70. The molecule has 0 saturated heterocycles. The van der Waals surface area contributed by atoms with Crippen LogP contribution >= 0.6 is 11.8 Å². The number of hydrogen-bond donors (Lipinski definition) is 1. The number of thioether (sulfide) groups is 1. The van der Waals surface area contributed by atoms with Crippen molar-refractivity contribution in [2.45, 2.75) is 51.5 Å². The van der Waals surface area contributed by atoms with Crippen LogP contribution in [0.15, 0.2) is 23.1 Å². The van der Waals surface area contributed by atoms with Crippen LogP contribution in [-0.4, -0.2) is 18.3 Å². The Morgan fingerprint density at radius 1 is 1.24 bits per heavy atom. The number of nitrogens with one attached hydrogen (secondary N) is 1. The SMILES string of the molecule is CCCNC(CC)CSc1cc(C)ccc1C. The molecule has 0 heterocycles. The summed E-state index contributed by atoms with van der Waals surface area (Å²) in [4.78, 5) is 1.43. The van der Waals surface area contributed by atoms with Gasteiger partial charge in [-0.3, -0.25) is 0 Å². The van der Waals surface area contributed by atoms with Gasteiger partial charge in [-0.25, -0.2) is 0 Å². The Labute approximate surface area is 110 Å². The predicted molar refractivity (Wildman–Crippen MR) is 79.0 cm³/mol. The van der Waals surface area contributed by atoms with Crippen molar-refractivity contribution in [3.8, 4) is 0 Å². The molecule has 1 unspecified atom stereocenters. The lowest BCUT2D eigenvalue weighted by Crippen LogP contribution is -2.31. The zero-order chi connectivity index (χ0) is 12.7. The summed E-state index contributed by atoms with van der Waals surface area (Å²) in [5, 5.41) is 3.60. The van der Waals surface area contributed by atoms with Crippen LogP contribution in [-0.2, 0) is 0 Å². The van der Waals surface area contributed by atoms with Gasteiger partial charge in [0.2, 0.25) is 0 Å². The molecule has 0 fully saturated rings. The predicted octanol–water partition coefficient (Wildman–Crippen LogP) is 4.17. The van der Waals surface area contributed by atoms with Crippen molar-refractivity contribution in [1.82, 2.24) is 5.32 Å². The van der Waals surface area contributed by atoms with Gasteiger partial charge in [-0.1, -0.05) is 31.5 Å². The molecule has 0 radical (unpaired) electrons. The van der Waals surface area contributed by atoms with Gasteiger partial charge in [0, 0.05) is 16.7 Å². The van der Waals surface area contributed by atoms with E-state index in [1.165, 1.54) is 34.6 Å². The Morgan fingerprint density at radius 2 is 2.00 bits per heavy atom. The van der Waals surface area contributed by atoms with Crippen LogP contribution in [0.5, 0.6) is 0 Å². The van der Waals surface area contributed by atoms with Crippen molar-refractivity contribution in [2.75, 3.05) is 12.3 Å². The summed E-state index contributed by atoms with van der Waals surface area (Å²) in [6.07, 6.45) is 2.42. The van der Waals surface area contributed by atoms with Crippen molar-refractivity contribution in [3.63, 3.8) is 0 Å². The lowest BCUT2D eigenvalue weighted by atomic mass is 10.2. The number of hydrogen-bond acceptors (Lipinski definition) is 2. The van der Waals surface area contributed by atoms with Gasteiger partial charge in [0.05, 0.1) is 0 Å². The van der Waals surface area contributed by atoms with Gasteiger partial charge in [-0.2, -0.15) is 0 Å². The largest absolute Gasteiger partial charge is 0.313 e. The first-order valence-corrected chi connectivity index (χ1v) is 7.59. The van der Waals surface area contributed by atoms with Crippen molar-refractivity contribution >= 4 is 11.8 Å². The second kappa shape index (κ2) is 7.78. The van der Waals surface area contributed by atoms with Crippen LogP contribution in [0.3, 0.4) is 0 Å². The van der Waals surface area contributed by atoms with E-state index >= 15 is 0 Å². The molecule has 1 aromatic carbocycles. The Balaban J connectivity index is 2.50. The van der Waals surface area contributed by atoms with Crippen LogP contribution in [0.25, 0.3) is 0 Å². The third kappa shape index (κ3) is 5.13. The number of benzene rings is 1. The van der Waals surface area contributed by atoms with E-state index in [1.54, 1.807) is 0 Å². The van der Waals surface area contributed by atoms with Gasteiger partial charge in [-0.15, -0.1) is 11.8 Å². The molecule has 0 aliphatic carbocycles. The molecule has 0 saturated carbocycles. The van der Waals surface area contributed by atoms with Gasteiger partial charge in [0.15, 0.2) is 0 Å². The summed E-state index contributed by atoms with van der Waals surface area (Å²) < 4.78 is 0. The molecule has 0 aromatic heterocycles. The van der Waals surface area contributed by atoms with E-state index in [0.717, 1.165) is 6.54 Å². The highest BCUT2D eigenvalue weighted by Gasteiger charge is 2.07. The minimum Gasteiger partial charge on any atom is -0.313 e. The maximum atomic E-state index is 3.60. The molecule has 0 aliphatic heterocycles. The van der Waals surface area contributed by atoms with E-state index < -0.39 is 0 Å². The lowest BCUT2D eigenvalue weighted by Gasteiger charge is -2.16. The van der Waals surface area contributed by atoms with Gasteiger partial charge in [0.1, 0.15) is 0 Å². The van der Waals surface area contributed by atoms with Crippen molar-refractivity contribution < 1.29 is 0 Å². The summed E-state index contributed by atoms with van der Waals surface area (Å²) >= 11 is 1.98. The van der Waals surface area contributed by atoms with Crippen LogP contribution in [0.4, 0.5) is 0 Å². The normalized spacial score (nSPS) is 12.7. The summed E-state index contributed by atoms with van der Waals surface area (Å²) in [6, 6.07) is 7.34. The molecule has 0 bridgehead atoms. The minimum absolute atomic E-state index is 0.639. The maximum absolute atomic E-state index is 3.60. The van der Waals surface area contributed by atoms with Gasteiger partial charge in [0.25, 0.3) is 0 Å². The fraction of sp³-hybridized carbons (Fsp3) is 0.600. The molecule has 1 atom stereocenters. The van der Waals surface area contributed by atoms with Gasteiger partial charge >= 0.3 is 0 Å². The topological polar surface area (TPSA) is 12.0 Å². The van der Waals surface area contributed by atoms with Crippen molar-refractivity contribution in [3.05, 3.63) is 29.3 Å². The lowest BCUT2D eigenvalue weighted by molar-refractivity contribution is 0.539. The van der Waals surface area contributed by atoms with E-state index in [9.17, 15) is 0 Å². The highest BCUT2D eigenvalue weighted by molar-refractivity contribution is 7.99. The molecule has 0 aliphatic rings. The zero-order valence-corrected chi connectivity index (χ0v) is 12.4. The van der Waals surface area contributed by atoms with Crippen molar-refractivity contribution in [2.24, 2.45) is 0 Å². The van der Waals surface area contributed by atoms with Crippen LogP contribution in [0.1, 0.15) is 37.8 Å². The smallest absolute Gasteiger partial charge is 0.0159 e. The van der Waals surface area contributed by atoms with Crippen LogP contribution in [0.2, 0.25) is 0 Å². The first-order chi connectivity index (χ1) is 8.17. The Hall–Kier alpha value is -0.470. The average molecular weight is 251 g/mol. The van der Waals surface area contributed by atoms with E-state index in [4.69, 9.17) is 0 Å². The molecule has 2 heteroatoms. The van der Waals surface area contributed by atoms with E-state index in [-0.39, 0.29) is 0 Å². The second-order valence-electron chi connectivity index (χ2n) is 4.64. The fourth-order valence-corrected chi connectivity index (χ4v) is 3.02. The number of aryl methyl sites for hydroxylation is 2. The summed E-state index contributed by atoms with van der Waals surface area (Å²) in [7, 11) is 0. The molecule has 0 spiro atoms. The molecule has 96 valence electrons. The molecule has 0 amide bonds. The molecular weight excluding hydrogens is 226 g/mol. The van der Waals surface area contributed by atoms with E-state index in [1.807, 2.05) is 11.8 Å². The summed E-state index contributed by atoms with van der Waals surface area (Å²) in [5.41, 5.74) is 2.75. The Kier molecular flexibility index (Phi) is 6.68. The Bertz CT molecular complexity index is 336. The molecule has 1 rings (SSSR count). The maximum Gasteiger partial charge on any atom is 0.0159 e. The monoisotopic (exact) mass is 251 g/mol. The van der Waals surface area contributed by atoms with Crippen LogP contribution in [0, 0.1) is 13.8 Å². The molecule has 1 aromatic rings. The molecule has 1 nitrogen and oxygen atoms in total. The first-order valence-electron chi connectivity index (χ1n) is 6.60. The Morgan fingerprint density at radius 3 is 2.65 bits per heavy atom. The molecular formula is C15H25NS. The molecule has 1 N–H and O–H groups in total. The average Bonchev–Trinajstić information content (AvgIpc) is 2.33. The van der Waals surface area contributed by atoms with E-state index in [2.05, 4.69) is 51.2 Å². The summed E-state index contributed by atoms with van der Waals surface area (Å²) in [6.45, 7) is 9.97. The zero-order valence-electron chi connectivity index (χ0n) is 11.5. The third-order valence-electron chi connectivity index (χ3n) is 2.96. The highest BCUT2D eigenvalue weighted by atomic mass is 32.2. The highest BCUT2D eigenvalue weighted by Crippen LogP contribution is 2.24. The molecule has 17 heavy (non-hydrogen) atoms. The summed E-state index contributed by atoms with van der Waals surface area (Å²) in [5.74, 6) is 1.17. The third-order valence-corrected chi connectivity index (χ3v) is 4.28. The quantitative estimate of drug-likeness (QED) is 0.730. The fourth-order valence-electron chi connectivity index (χ4n) is 1.72. The van der Waals surface area contributed by atoms with Gasteiger partial charge in [-0.05, 0) is 44.9 Å². The minimum atomic E-state index is 0.639.